The van der Waals surface area contributed by atoms with E-state index in [-0.39, 0.29) is 5.43 Å². The van der Waals surface area contributed by atoms with Gasteiger partial charge in [-0.05, 0) is 6.07 Å². The normalized spacial score (nSPS) is 11.9. The van der Waals surface area contributed by atoms with Crippen LogP contribution >= 0.6 is 0 Å². The van der Waals surface area contributed by atoms with Gasteiger partial charge in [-0.25, -0.2) is 0 Å². The predicted molar refractivity (Wildman–Crippen MR) is 62.1 cm³/mol. The van der Waals surface area contributed by atoms with Gasteiger partial charge in [0.25, 0.3) is 0 Å². The van der Waals surface area contributed by atoms with E-state index in [1.807, 2.05) is 33.3 Å². The van der Waals surface area contributed by atoms with Gasteiger partial charge in [-0.2, -0.15) is 0 Å². The molecule has 0 bridgehead atoms. The Kier molecular flexibility index (Phi) is 2.12. The fourth-order valence-corrected chi connectivity index (χ4v) is 1.62. The maximum Gasteiger partial charge on any atom is 0.198 e. The molecule has 0 aliphatic rings. The minimum atomic E-state index is 0.00606. The summed E-state index contributed by atoms with van der Waals surface area (Å²) in [5.74, 6) is 0. The molecule has 0 amide bonds. The number of rotatable bonds is 1. The van der Waals surface area contributed by atoms with E-state index in [4.69, 9.17) is 4.42 Å². The Morgan fingerprint density at radius 2 is 1.87 bits per heavy atom. The van der Waals surface area contributed by atoms with Crippen LogP contribution in [-0.4, -0.2) is 21.1 Å². The maximum atomic E-state index is 11.6. The van der Waals surface area contributed by atoms with E-state index in [0.29, 0.717) is 15.5 Å². The van der Waals surface area contributed by atoms with Crippen molar-refractivity contribution in [3.63, 3.8) is 0 Å². The zero-order valence-corrected chi connectivity index (χ0v) is 9.15. The average Bonchev–Trinajstić information content (AvgIpc) is 2.16. The van der Waals surface area contributed by atoms with Crippen LogP contribution in [0.15, 0.2) is 39.7 Å². The van der Waals surface area contributed by atoms with Crippen molar-refractivity contribution in [1.82, 2.24) is 4.48 Å². The fourth-order valence-electron chi connectivity index (χ4n) is 1.62. The number of nitrogens with zero attached hydrogens (tertiary/aromatic N) is 1. The van der Waals surface area contributed by atoms with E-state index in [0.717, 1.165) is 5.69 Å². The molecule has 1 aromatic heterocycles. The lowest BCUT2D eigenvalue weighted by Gasteiger charge is -2.23. The van der Waals surface area contributed by atoms with Gasteiger partial charge in [0.15, 0.2) is 16.7 Å². The van der Waals surface area contributed by atoms with Crippen LogP contribution in [0, 0.1) is 0 Å². The van der Waals surface area contributed by atoms with Crippen molar-refractivity contribution in [2.45, 2.75) is 0 Å². The van der Waals surface area contributed by atoms with E-state index < -0.39 is 0 Å². The average molecular weight is 204 g/mol. The molecular formula is C12H14NO2+. The minimum absolute atomic E-state index is 0.00606. The van der Waals surface area contributed by atoms with Gasteiger partial charge >= 0.3 is 0 Å². The smallest absolute Gasteiger partial charge is 0.198 e. The molecule has 3 heteroatoms. The summed E-state index contributed by atoms with van der Waals surface area (Å²) in [6.45, 7) is 0. The summed E-state index contributed by atoms with van der Waals surface area (Å²) in [5, 5.41) is 0.642. The fraction of sp³-hybridized carbons (Fsp3) is 0.250. The molecule has 0 fully saturated rings. The highest BCUT2D eigenvalue weighted by Gasteiger charge is 2.18. The summed E-state index contributed by atoms with van der Waals surface area (Å²) < 4.78 is 6.06. The third-order valence-electron chi connectivity index (χ3n) is 2.39. The van der Waals surface area contributed by atoms with Crippen LogP contribution in [-0.2, 0) is 0 Å². The molecule has 0 radical (unpaired) electrons. The van der Waals surface area contributed by atoms with Crippen LogP contribution in [0.2, 0.25) is 0 Å². The standard InChI is InChI=1S/C12H14NO2/c1-13(2,3)10-6-4-5-9-11(14)7-8-15-12(9)10/h4-8H,1-3H3/q+1. The highest BCUT2D eigenvalue weighted by Crippen LogP contribution is 2.26. The Balaban J connectivity index is 2.89. The first-order valence-electron chi connectivity index (χ1n) is 4.83. The number of para-hydroxylation sites is 1. The van der Waals surface area contributed by atoms with E-state index in [1.165, 1.54) is 12.3 Å². The lowest BCUT2D eigenvalue weighted by Crippen LogP contribution is -2.35. The maximum absolute atomic E-state index is 11.6. The van der Waals surface area contributed by atoms with Crippen molar-refractivity contribution in [3.05, 3.63) is 40.8 Å². The van der Waals surface area contributed by atoms with Crippen molar-refractivity contribution >= 4 is 16.7 Å². The molecule has 1 aromatic carbocycles. The molecular weight excluding hydrogens is 190 g/mol. The molecule has 3 nitrogen and oxygen atoms in total. The van der Waals surface area contributed by atoms with Gasteiger partial charge < -0.3 is 4.42 Å². The van der Waals surface area contributed by atoms with Gasteiger partial charge in [0, 0.05) is 12.1 Å². The summed E-state index contributed by atoms with van der Waals surface area (Å²) in [5.41, 5.74) is 1.69. The molecule has 2 aromatic rings. The Morgan fingerprint density at radius 3 is 2.53 bits per heavy atom. The van der Waals surface area contributed by atoms with Crippen molar-refractivity contribution in [2.75, 3.05) is 21.1 Å². The van der Waals surface area contributed by atoms with Gasteiger partial charge in [0.05, 0.1) is 32.8 Å². The first-order valence-corrected chi connectivity index (χ1v) is 4.83. The lowest BCUT2D eigenvalue weighted by molar-refractivity contribution is 0.478. The molecule has 78 valence electrons. The number of fused-ring (bicyclic) bond motifs is 1. The topological polar surface area (TPSA) is 30.2 Å². The first-order chi connectivity index (χ1) is 7.00. The summed E-state index contributed by atoms with van der Waals surface area (Å²) in [6.07, 6.45) is 1.45. The highest BCUT2D eigenvalue weighted by molar-refractivity contribution is 5.87. The quantitative estimate of drug-likeness (QED) is 0.665. The molecule has 0 aliphatic carbocycles. The third kappa shape index (κ3) is 1.66. The summed E-state index contributed by atoms with van der Waals surface area (Å²) in [7, 11) is 6.13. The van der Waals surface area contributed by atoms with Crippen molar-refractivity contribution < 1.29 is 4.42 Å². The van der Waals surface area contributed by atoms with E-state index in [2.05, 4.69) is 0 Å². The Morgan fingerprint density at radius 1 is 1.13 bits per heavy atom. The van der Waals surface area contributed by atoms with Crippen LogP contribution in [0.5, 0.6) is 0 Å². The highest BCUT2D eigenvalue weighted by atomic mass is 16.3. The summed E-state index contributed by atoms with van der Waals surface area (Å²) >= 11 is 0. The summed E-state index contributed by atoms with van der Waals surface area (Å²) in [6, 6.07) is 7.10. The Hall–Kier alpha value is -1.61. The van der Waals surface area contributed by atoms with Crippen molar-refractivity contribution in [3.8, 4) is 0 Å². The first kappa shape index (κ1) is 9.93. The zero-order chi connectivity index (χ0) is 11.1. The molecule has 0 saturated carbocycles. The van der Waals surface area contributed by atoms with Gasteiger partial charge in [-0.15, -0.1) is 0 Å². The van der Waals surface area contributed by atoms with Gasteiger partial charge in [0.2, 0.25) is 0 Å². The Labute approximate surface area is 88.1 Å². The number of hydrogen-bond donors (Lipinski definition) is 0. The summed E-state index contributed by atoms with van der Waals surface area (Å²) in [4.78, 5) is 11.6. The molecule has 2 rings (SSSR count). The van der Waals surface area contributed by atoms with Crippen LogP contribution in [0.4, 0.5) is 5.69 Å². The van der Waals surface area contributed by atoms with Gasteiger partial charge in [0.1, 0.15) is 0 Å². The molecule has 0 saturated heterocycles. The van der Waals surface area contributed by atoms with Gasteiger partial charge in [-0.1, -0.05) is 6.07 Å². The molecule has 15 heavy (non-hydrogen) atoms. The predicted octanol–water partition coefficient (Wildman–Crippen LogP) is 1.99. The van der Waals surface area contributed by atoms with Crippen LogP contribution in [0.25, 0.3) is 11.0 Å². The number of hydrogen-bond acceptors (Lipinski definition) is 2. The van der Waals surface area contributed by atoms with Crippen molar-refractivity contribution in [2.24, 2.45) is 0 Å². The molecule has 1 heterocycles. The van der Waals surface area contributed by atoms with E-state index in [9.17, 15) is 4.79 Å². The minimum Gasteiger partial charge on any atom is -0.458 e. The Bertz CT molecular complexity index is 549. The second kappa shape index (κ2) is 3.21. The number of benzene rings is 1. The monoisotopic (exact) mass is 204 g/mol. The van der Waals surface area contributed by atoms with E-state index in [1.54, 1.807) is 6.07 Å². The largest absolute Gasteiger partial charge is 0.458 e. The third-order valence-corrected chi connectivity index (χ3v) is 2.39. The SMILES string of the molecule is C[N+](C)(C)c1cccc2c(=O)ccoc12. The second-order valence-electron chi connectivity index (χ2n) is 4.45. The molecule has 0 spiro atoms. The molecule has 0 N–H and O–H groups in total. The second-order valence-corrected chi connectivity index (χ2v) is 4.45. The van der Waals surface area contributed by atoms with Crippen molar-refractivity contribution in [1.29, 1.82) is 0 Å². The molecule has 0 unspecified atom stereocenters. The molecule has 0 aliphatic heterocycles. The lowest BCUT2D eigenvalue weighted by atomic mass is 10.2. The zero-order valence-electron chi connectivity index (χ0n) is 9.15. The van der Waals surface area contributed by atoms with Gasteiger partial charge in [-0.3, -0.25) is 9.28 Å². The van der Waals surface area contributed by atoms with E-state index >= 15 is 0 Å². The molecule has 0 atom stereocenters. The van der Waals surface area contributed by atoms with Crippen LogP contribution in [0.1, 0.15) is 0 Å². The van der Waals surface area contributed by atoms with Crippen LogP contribution in [0.3, 0.4) is 0 Å². The number of quaternary nitrogens is 1. The van der Waals surface area contributed by atoms with Crippen LogP contribution < -0.4 is 9.91 Å².